The Morgan fingerprint density at radius 1 is 0.800 bits per heavy atom. The predicted octanol–water partition coefficient (Wildman–Crippen LogP) is 6.57. The molecule has 0 aromatic heterocycles. The quantitative estimate of drug-likeness (QED) is 0.416. The average Bonchev–Trinajstić information content (AvgIpc) is 2.73. The van der Waals surface area contributed by atoms with Crippen LogP contribution in [0.4, 0.5) is 11.4 Å². The first-order valence-electron chi connectivity index (χ1n) is 8.56. The van der Waals surface area contributed by atoms with Crippen molar-refractivity contribution in [3.05, 3.63) is 86.3 Å². The first-order valence-corrected chi connectivity index (χ1v) is 10.1. The highest BCUT2D eigenvalue weighted by molar-refractivity contribution is 6.44. The molecule has 0 spiro atoms. The van der Waals surface area contributed by atoms with Crippen LogP contribution < -0.4 is 15.4 Å². The second kappa shape index (κ2) is 10.0. The lowest BCUT2D eigenvalue weighted by molar-refractivity contribution is -0.118. The summed E-state index contributed by atoms with van der Waals surface area (Å²) in [6, 6.07) is 16.0. The van der Waals surface area contributed by atoms with E-state index in [1.807, 2.05) is 0 Å². The van der Waals surface area contributed by atoms with Crippen molar-refractivity contribution in [3.63, 3.8) is 0 Å². The Bertz CT molecular complexity index is 1090. The van der Waals surface area contributed by atoms with Crippen molar-refractivity contribution in [1.82, 2.24) is 0 Å². The van der Waals surface area contributed by atoms with Gasteiger partial charge in [0.2, 0.25) is 0 Å². The van der Waals surface area contributed by atoms with Gasteiger partial charge >= 0.3 is 0 Å². The minimum atomic E-state index is -0.406. The van der Waals surface area contributed by atoms with E-state index in [-0.39, 0.29) is 17.5 Å². The number of hydrogen-bond acceptors (Lipinski definition) is 3. The van der Waals surface area contributed by atoms with Crippen LogP contribution in [0.3, 0.4) is 0 Å². The molecule has 30 heavy (non-hydrogen) atoms. The lowest BCUT2D eigenvalue weighted by Crippen LogP contribution is -2.20. The second-order valence-corrected chi connectivity index (χ2v) is 7.67. The number of carbonyl (C=O) groups is 2. The Morgan fingerprint density at radius 3 is 2.27 bits per heavy atom. The van der Waals surface area contributed by atoms with Gasteiger partial charge in [0.05, 0.1) is 26.4 Å². The van der Waals surface area contributed by atoms with Crippen LogP contribution in [0.25, 0.3) is 0 Å². The summed E-state index contributed by atoms with van der Waals surface area (Å²) in [5, 5.41) is 6.73. The average molecular weight is 484 g/mol. The number of carbonyl (C=O) groups excluding carboxylic acids is 2. The molecule has 0 aliphatic carbocycles. The Labute approximate surface area is 192 Å². The van der Waals surface area contributed by atoms with Crippen LogP contribution in [0, 0.1) is 0 Å². The van der Waals surface area contributed by atoms with Gasteiger partial charge in [-0.1, -0.05) is 52.5 Å². The Kier molecular flexibility index (Phi) is 7.45. The summed E-state index contributed by atoms with van der Waals surface area (Å²) in [6.45, 7) is -0.244. The second-order valence-electron chi connectivity index (χ2n) is 6.04. The topological polar surface area (TPSA) is 67.4 Å². The molecule has 5 nitrogen and oxygen atoms in total. The largest absolute Gasteiger partial charge is 0.484 e. The van der Waals surface area contributed by atoms with Gasteiger partial charge in [-0.2, -0.15) is 0 Å². The molecule has 0 radical (unpaired) electrons. The number of amides is 2. The highest BCUT2D eigenvalue weighted by atomic mass is 35.5. The SMILES string of the molecule is O=C(COc1ccc(C(=O)Nc2cc(Cl)ccc2Cl)cc1)Nc1cccc(Cl)c1Cl. The maximum absolute atomic E-state index is 12.4. The van der Waals surface area contributed by atoms with Gasteiger partial charge in [0.1, 0.15) is 5.75 Å². The van der Waals surface area contributed by atoms with Crippen LogP contribution in [0.15, 0.2) is 60.7 Å². The van der Waals surface area contributed by atoms with Gasteiger partial charge in [0.15, 0.2) is 6.61 Å². The number of rotatable bonds is 6. The Morgan fingerprint density at radius 2 is 1.53 bits per heavy atom. The molecule has 0 aliphatic heterocycles. The maximum atomic E-state index is 12.4. The molecule has 0 fully saturated rings. The number of nitrogens with one attached hydrogen (secondary N) is 2. The van der Waals surface area contributed by atoms with E-state index in [2.05, 4.69) is 10.6 Å². The van der Waals surface area contributed by atoms with E-state index in [1.54, 1.807) is 60.7 Å². The number of hydrogen-bond donors (Lipinski definition) is 2. The van der Waals surface area contributed by atoms with E-state index in [0.29, 0.717) is 37.8 Å². The molecule has 3 aromatic carbocycles. The third kappa shape index (κ3) is 5.80. The summed E-state index contributed by atoms with van der Waals surface area (Å²) in [7, 11) is 0. The van der Waals surface area contributed by atoms with Crippen LogP contribution in [-0.2, 0) is 4.79 Å². The molecule has 2 amide bonds. The van der Waals surface area contributed by atoms with Crippen LogP contribution in [0.1, 0.15) is 10.4 Å². The Hall–Kier alpha value is -2.44. The monoisotopic (exact) mass is 482 g/mol. The molecule has 154 valence electrons. The molecule has 0 aliphatic rings. The van der Waals surface area contributed by atoms with Gasteiger partial charge in [0.25, 0.3) is 11.8 Å². The molecule has 0 heterocycles. The highest BCUT2D eigenvalue weighted by Gasteiger charge is 2.11. The molecule has 3 aromatic rings. The van der Waals surface area contributed by atoms with Crippen molar-refractivity contribution in [2.75, 3.05) is 17.2 Å². The number of halogens is 4. The normalized spacial score (nSPS) is 10.4. The summed E-state index contributed by atoms with van der Waals surface area (Å²) >= 11 is 23.9. The molecule has 3 rings (SSSR count). The number of ether oxygens (including phenoxy) is 1. The summed E-state index contributed by atoms with van der Waals surface area (Å²) in [4.78, 5) is 24.4. The van der Waals surface area contributed by atoms with Crippen molar-refractivity contribution < 1.29 is 14.3 Å². The van der Waals surface area contributed by atoms with Gasteiger partial charge in [-0.15, -0.1) is 0 Å². The van der Waals surface area contributed by atoms with Crippen molar-refractivity contribution in [3.8, 4) is 5.75 Å². The van der Waals surface area contributed by atoms with Gasteiger partial charge in [-0.25, -0.2) is 0 Å². The lowest BCUT2D eigenvalue weighted by atomic mass is 10.2. The summed E-state index contributed by atoms with van der Waals surface area (Å²) in [5.41, 5.74) is 1.18. The minimum absolute atomic E-state index is 0.244. The Balaban J connectivity index is 1.56. The summed E-state index contributed by atoms with van der Waals surface area (Å²) in [6.07, 6.45) is 0. The fourth-order valence-electron chi connectivity index (χ4n) is 2.43. The van der Waals surface area contributed by atoms with E-state index in [9.17, 15) is 9.59 Å². The summed E-state index contributed by atoms with van der Waals surface area (Å²) in [5.74, 6) is -0.352. The molecule has 0 bridgehead atoms. The van der Waals surface area contributed by atoms with E-state index in [1.165, 1.54) is 0 Å². The van der Waals surface area contributed by atoms with Crippen LogP contribution >= 0.6 is 46.4 Å². The van der Waals surface area contributed by atoms with E-state index < -0.39 is 5.91 Å². The van der Waals surface area contributed by atoms with Gasteiger partial charge in [-0.3, -0.25) is 9.59 Å². The zero-order valence-electron chi connectivity index (χ0n) is 15.2. The van der Waals surface area contributed by atoms with Crippen LogP contribution in [-0.4, -0.2) is 18.4 Å². The zero-order valence-corrected chi connectivity index (χ0v) is 18.2. The first-order chi connectivity index (χ1) is 14.3. The van der Waals surface area contributed by atoms with E-state index in [0.717, 1.165) is 0 Å². The number of benzene rings is 3. The van der Waals surface area contributed by atoms with Gasteiger partial charge in [0, 0.05) is 10.6 Å². The van der Waals surface area contributed by atoms with Crippen molar-refractivity contribution in [2.24, 2.45) is 0 Å². The maximum Gasteiger partial charge on any atom is 0.262 e. The summed E-state index contributed by atoms with van der Waals surface area (Å²) < 4.78 is 5.44. The van der Waals surface area contributed by atoms with E-state index in [4.69, 9.17) is 51.1 Å². The molecule has 0 atom stereocenters. The first kappa shape index (κ1) is 22.2. The molecule has 0 saturated heterocycles. The smallest absolute Gasteiger partial charge is 0.262 e. The van der Waals surface area contributed by atoms with Gasteiger partial charge < -0.3 is 15.4 Å². The molecule has 0 saturated carbocycles. The zero-order chi connectivity index (χ0) is 21.7. The molecule has 2 N–H and O–H groups in total. The van der Waals surface area contributed by atoms with Crippen LogP contribution in [0.5, 0.6) is 5.75 Å². The molecule has 9 heteroatoms. The predicted molar refractivity (Wildman–Crippen MR) is 121 cm³/mol. The fourth-order valence-corrected chi connectivity index (χ4v) is 3.11. The van der Waals surface area contributed by atoms with E-state index >= 15 is 0 Å². The third-order valence-electron chi connectivity index (χ3n) is 3.89. The van der Waals surface area contributed by atoms with Gasteiger partial charge in [-0.05, 0) is 54.6 Å². The molecular formula is C21H14Cl4N2O3. The lowest BCUT2D eigenvalue weighted by Gasteiger charge is -2.10. The number of anilines is 2. The highest BCUT2D eigenvalue weighted by Crippen LogP contribution is 2.29. The minimum Gasteiger partial charge on any atom is -0.484 e. The fraction of sp³-hybridized carbons (Fsp3) is 0.0476. The third-order valence-corrected chi connectivity index (χ3v) is 5.27. The molecule has 0 unspecified atom stereocenters. The van der Waals surface area contributed by atoms with Crippen molar-refractivity contribution in [2.45, 2.75) is 0 Å². The van der Waals surface area contributed by atoms with Crippen molar-refractivity contribution in [1.29, 1.82) is 0 Å². The molecular weight excluding hydrogens is 470 g/mol. The van der Waals surface area contributed by atoms with Crippen LogP contribution in [0.2, 0.25) is 20.1 Å². The standard InChI is InChI=1S/C21H14Cl4N2O3/c22-13-6-9-15(23)18(10-13)27-21(29)12-4-7-14(8-5-12)30-11-19(28)26-17-3-1-2-16(24)20(17)25/h1-10H,11H2,(H,26,28)(H,27,29). The van der Waals surface area contributed by atoms with Crippen molar-refractivity contribution >= 4 is 69.6 Å².